The van der Waals surface area contributed by atoms with Crippen LogP contribution in [-0.4, -0.2) is 45.3 Å². The second kappa shape index (κ2) is 8.31. The van der Waals surface area contributed by atoms with Crippen molar-refractivity contribution in [3.8, 4) is 0 Å². The molecule has 1 heterocycles. The standard InChI is InChI=1S/C26H24N2O5/c29-24-21-7-3-4-8-22(21)25(30)28(24)14-18(26(31)32)13-23(27-33)16-9-10-20-17(12-16)11-15-5-1-2-6-19(15)20/h3-4,7-10,12,18,33H,1-2,5-6,11,13-14H2,(H,31,32)/t18-/m1/s1. The summed E-state index contributed by atoms with van der Waals surface area (Å²) >= 11 is 0. The van der Waals surface area contributed by atoms with E-state index < -0.39 is 23.7 Å². The molecule has 3 aliphatic rings. The second-order valence-electron chi connectivity index (χ2n) is 8.89. The number of amides is 2. The van der Waals surface area contributed by atoms with Crippen LogP contribution >= 0.6 is 0 Å². The summed E-state index contributed by atoms with van der Waals surface area (Å²) in [6.45, 7) is -0.290. The number of carboxylic acid groups (broad SMARTS) is 1. The van der Waals surface area contributed by atoms with Gasteiger partial charge in [0.1, 0.15) is 0 Å². The Bertz CT molecular complexity index is 1210. The van der Waals surface area contributed by atoms with E-state index in [1.165, 1.54) is 35.1 Å². The Kier molecular flexibility index (Phi) is 5.32. The molecule has 0 spiro atoms. The molecule has 1 atom stereocenters. The van der Waals surface area contributed by atoms with Crippen LogP contribution in [-0.2, 0) is 11.2 Å². The summed E-state index contributed by atoms with van der Waals surface area (Å²) < 4.78 is 0. The van der Waals surface area contributed by atoms with E-state index in [1.54, 1.807) is 24.3 Å². The predicted octanol–water partition coefficient (Wildman–Crippen LogP) is 4.14. The molecular weight excluding hydrogens is 420 g/mol. The van der Waals surface area contributed by atoms with E-state index in [4.69, 9.17) is 0 Å². The fraction of sp³-hybridized carbons (Fsp3) is 0.308. The minimum atomic E-state index is -1.16. The van der Waals surface area contributed by atoms with Gasteiger partial charge in [-0.15, -0.1) is 0 Å². The van der Waals surface area contributed by atoms with Crippen LogP contribution in [0.4, 0.5) is 0 Å². The zero-order valence-electron chi connectivity index (χ0n) is 18.1. The van der Waals surface area contributed by atoms with E-state index in [-0.39, 0.29) is 29.8 Å². The van der Waals surface area contributed by atoms with Gasteiger partial charge < -0.3 is 10.3 Å². The Balaban J connectivity index is 1.35. The minimum absolute atomic E-state index is 0.106. The van der Waals surface area contributed by atoms with Crippen molar-refractivity contribution in [2.75, 3.05) is 6.54 Å². The van der Waals surface area contributed by atoms with Crippen LogP contribution in [0.3, 0.4) is 0 Å². The maximum Gasteiger partial charge on any atom is 0.308 e. The molecule has 5 rings (SSSR count). The SMILES string of the molecule is O=C(O)[C@H](CC(=NO)c1ccc2c(c1)CC1=C2CCCC1)CN1C(=O)c2ccccc2C1=O. The molecule has 0 fully saturated rings. The third-order valence-electron chi connectivity index (χ3n) is 6.94. The molecular formula is C26H24N2O5. The van der Waals surface area contributed by atoms with Gasteiger partial charge >= 0.3 is 5.97 Å². The molecule has 0 radical (unpaired) electrons. The Hall–Kier alpha value is -3.74. The summed E-state index contributed by atoms with van der Waals surface area (Å²) in [5, 5.41) is 22.9. The summed E-state index contributed by atoms with van der Waals surface area (Å²) in [6, 6.07) is 12.3. The zero-order valence-corrected chi connectivity index (χ0v) is 18.1. The Morgan fingerprint density at radius 3 is 2.36 bits per heavy atom. The first-order valence-corrected chi connectivity index (χ1v) is 11.2. The lowest BCUT2D eigenvalue weighted by atomic mass is 9.91. The molecule has 7 heteroatoms. The van der Waals surface area contributed by atoms with Crippen molar-refractivity contribution >= 4 is 29.1 Å². The number of allylic oxidation sites excluding steroid dienone is 2. The summed E-state index contributed by atoms with van der Waals surface area (Å²) in [5.74, 6) is -3.26. The van der Waals surface area contributed by atoms with Crippen molar-refractivity contribution in [2.24, 2.45) is 11.1 Å². The lowest BCUT2D eigenvalue weighted by Gasteiger charge is -2.20. The van der Waals surface area contributed by atoms with Gasteiger partial charge in [0.05, 0.1) is 22.8 Å². The van der Waals surface area contributed by atoms with E-state index in [1.807, 2.05) is 18.2 Å². The summed E-state index contributed by atoms with van der Waals surface area (Å²) in [5.41, 5.74) is 6.76. The van der Waals surface area contributed by atoms with Crippen LogP contribution < -0.4 is 0 Å². The molecule has 2 amide bonds. The highest BCUT2D eigenvalue weighted by Crippen LogP contribution is 2.41. The number of carboxylic acids is 1. The fourth-order valence-electron chi connectivity index (χ4n) is 5.24. The topological polar surface area (TPSA) is 107 Å². The molecule has 0 saturated heterocycles. The van der Waals surface area contributed by atoms with Gasteiger partial charge in [-0.05, 0) is 72.6 Å². The number of benzene rings is 2. The van der Waals surface area contributed by atoms with Crippen molar-refractivity contribution in [3.05, 3.63) is 75.9 Å². The van der Waals surface area contributed by atoms with Crippen molar-refractivity contribution in [1.82, 2.24) is 4.90 Å². The molecule has 2 aromatic carbocycles. The average Bonchev–Trinajstić information content (AvgIpc) is 3.31. The van der Waals surface area contributed by atoms with Gasteiger partial charge in [0.15, 0.2) is 0 Å². The number of nitrogens with zero attached hydrogens (tertiary/aromatic N) is 2. The Morgan fingerprint density at radius 2 is 1.70 bits per heavy atom. The molecule has 2 aliphatic carbocycles. The lowest BCUT2D eigenvalue weighted by molar-refractivity contribution is -0.141. The van der Waals surface area contributed by atoms with Crippen LogP contribution in [0, 0.1) is 5.92 Å². The molecule has 0 saturated carbocycles. The zero-order chi connectivity index (χ0) is 23.1. The molecule has 168 valence electrons. The number of hydrogen-bond donors (Lipinski definition) is 2. The van der Waals surface area contributed by atoms with Crippen molar-refractivity contribution in [2.45, 2.75) is 38.5 Å². The largest absolute Gasteiger partial charge is 0.481 e. The maximum absolute atomic E-state index is 12.7. The molecule has 0 unspecified atom stereocenters. The number of carbonyl (C=O) groups is 3. The fourth-order valence-corrected chi connectivity index (χ4v) is 5.24. The quantitative estimate of drug-likeness (QED) is 0.301. The normalized spacial score (nSPS) is 18.3. The summed E-state index contributed by atoms with van der Waals surface area (Å²) in [6.07, 6.45) is 5.38. The van der Waals surface area contributed by atoms with E-state index in [2.05, 4.69) is 5.16 Å². The first-order chi connectivity index (χ1) is 16.0. The van der Waals surface area contributed by atoms with E-state index in [0.29, 0.717) is 5.56 Å². The molecule has 0 bridgehead atoms. The molecule has 0 aromatic heterocycles. The number of aliphatic carboxylic acids is 1. The van der Waals surface area contributed by atoms with Gasteiger partial charge in [-0.1, -0.05) is 35.0 Å². The average molecular weight is 444 g/mol. The highest BCUT2D eigenvalue weighted by Gasteiger charge is 2.38. The van der Waals surface area contributed by atoms with Gasteiger partial charge in [-0.25, -0.2) is 0 Å². The van der Waals surface area contributed by atoms with Gasteiger partial charge in [-0.3, -0.25) is 19.3 Å². The minimum Gasteiger partial charge on any atom is -0.481 e. The number of hydrogen-bond acceptors (Lipinski definition) is 5. The van der Waals surface area contributed by atoms with E-state index in [0.717, 1.165) is 24.2 Å². The number of imide groups is 1. The first kappa shape index (κ1) is 21.1. The van der Waals surface area contributed by atoms with Crippen molar-refractivity contribution in [1.29, 1.82) is 0 Å². The smallest absolute Gasteiger partial charge is 0.308 e. The van der Waals surface area contributed by atoms with E-state index >= 15 is 0 Å². The number of oxime groups is 1. The van der Waals surface area contributed by atoms with Gasteiger partial charge in [-0.2, -0.15) is 0 Å². The van der Waals surface area contributed by atoms with Crippen LogP contribution in [0.2, 0.25) is 0 Å². The summed E-state index contributed by atoms with van der Waals surface area (Å²) in [7, 11) is 0. The van der Waals surface area contributed by atoms with Crippen molar-refractivity contribution < 1.29 is 24.7 Å². The molecule has 7 nitrogen and oxygen atoms in total. The maximum atomic E-state index is 12.7. The van der Waals surface area contributed by atoms with Gasteiger partial charge in [0.25, 0.3) is 11.8 Å². The Labute approximate surface area is 191 Å². The van der Waals surface area contributed by atoms with Gasteiger partial charge in [0, 0.05) is 13.0 Å². The highest BCUT2D eigenvalue weighted by molar-refractivity contribution is 6.21. The van der Waals surface area contributed by atoms with Crippen LogP contribution in [0.15, 0.2) is 53.2 Å². The monoisotopic (exact) mass is 444 g/mol. The molecule has 2 N–H and O–H groups in total. The lowest BCUT2D eigenvalue weighted by Crippen LogP contribution is -2.38. The number of rotatable bonds is 6. The predicted molar refractivity (Wildman–Crippen MR) is 121 cm³/mol. The third kappa shape index (κ3) is 3.63. The molecule has 1 aliphatic heterocycles. The number of fused-ring (bicyclic) bond motifs is 3. The van der Waals surface area contributed by atoms with Crippen LogP contribution in [0.5, 0.6) is 0 Å². The second-order valence-corrected chi connectivity index (χ2v) is 8.89. The Morgan fingerprint density at radius 1 is 1.00 bits per heavy atom. The van der Waals surface area contributed by atoms with E-state index in [9.17, 15) is 24.7 Å². The third-order valence-corrected chi connectivity index (χ3v) is 6.94. The van der Waals surface area contributed by atoms with Gasteiger partial charge in [0.2, 0.25) is 0 Å². The summed E-state index contributed by atoms with van der Waals surface area (Å²) in [4.78, 5) is 38.3. The first-order valence-electron chi connectivity index (χ1n) is 11.2. The molecule has 2 aromatic rings. The van der Waals surface area contributed by atoms with Crippen LogP contribution in [0.1, 0.15) is 69.5 Å². The molecule has 33 heavy (non-hydrogen) atoms. The highest BCUT2D eigenvalue weighted by atomic mass is 16.4. The van der Waals surface area contributed by atoms with Crippen LogP contribution in [0.25, 0.3) is 5.57 Å². The van der Waals surface area contributed by atoms with Crippen molar-refractivity contribution in [3.63, 3.8) is 0 Å². The number of carbonyl (C=O) groups excluding carboxylic acids is 2.